The van der Waals surface area contributed by atoms with Crippen molar-refractivity contribution < 1.29 is 9.53 Å². The summed E-state index contributed by atoms with van der Waals surface area (Å²) >= 11 is 1.47. The molecule has 0 saturated heterocycles. The van der Waals surface area contributed by atoms with Gasteiger partial charge in [-0.2, -0.15) is 0 Å². The number of hydrogen-bond acceptors (Lipinski definition) is 5. The van der Waals surface area contributed by atoms with Crippen LogP contribution in [0.25, 0.3) is 10.2 Å². The van der Waals surface area contributed by atoms with Gasteiger partial charge in [0.2, 0.25) is 0 Å². The number of nitrogens with zero attached hydrogens (tertiary/aromatic N) is 2. The standard InChI is InChI=1S/C23H21N3O2S/c1-15-3-11-19-21(13-15)29-23(25-19)26-22(27)20-12-8-17(14-24-20)5-4-16-6-9-18(28-2)10-7-16/h3,6-14H,4-5H2,1-2H3,(H,25,26,27). The molecule has 29 heavy (non-hydrogen) atoms. The third-order valence-electron chi connectivity index (χ3n) is 4.68. The number of amides is 1. The van der Waals surface area contributed by atoms with E-state index in [-0.39, 0.29) is 5.91 Å². The molecule has 0 atom stereocenters. The van der Waals surface area contributed by atoms with E-state index in [0.29, 0.717) is 10.8 Å². The number of methoxy groups -OCH3 is 1. The molecule has 0 saturated carbocycles. The van der Waals surface area contributed by atoms with Crippen LogP contribution in [0.1, 0.15) is 27.2 Å². The van der Waals surface area contributed by atoms with Crippen LogP contribution < -0.4 is 10.1 Å². The normalized spacial score (nSPS) is 10.8. The van der Waals surface area contributed by atoms with Crippen molar-refractivity contribution in [3.8, 4) is 5.75 Å². The Morgan fingerprint density at radius 3 is 2.52 bits per heavy atom. The quantitative estimate of drug-likeness (QED) is 0.489. The number of aromatic nitrogens is 2. The number of ether oxygens (including phenoxy) is 1. The summed E-state index contributed by atoms with van der Waals surface area (Å²) < 4.78 is 6.24. The highest BCUT2D eigenvalue weighted by Gasteiger charge is 2.11. The van der Waals surface area contributed by atoms with E-state index in [1.165, 1.54) is 22.5 Å². The predicted octanol–water partition coefficient (Wildman–Crippen LogP) is 5.05. The number of anilines is 1. The molecular formula is C23H21N3O2S. The summed E-state index contributed by atoms with van der Waals surface area (Å²) in [6.45, 7) is 2.04. The van der Waals surface area contributed by atoms with Crippen LogP contribution in [0, 0.1) is 6.92 Å². The average Bonchev–Trinajstić information content (AvgIpc) is 3.14. The lowest BCUT2D eigenvalue weighted by molar-refractivity contribution is 0.102. The SMILES string of the molecule is COc1ccc(CCc2ccc(C(=O)Nc3nc4ccc(C)cc4s3)nc2)cc1. The maximum absolute atomic E-state index is 12.5. The molecule has 146 valence electrons. The summed E-state index contributed by atoms with van der Waals surface area (Å²) in [7, 11) is 1.66. The minimum absolute atomic E-state index is 0.248. The summed E-state index contributed by atoms with van der Waals surface area (Å²) in [5.74, 6) is 0.608. The number of pyridine rings is 1. The summed E-state index contributed by atoms with van der Waals surface area (Å²) in [4.78, 5) is 21.3. The van der Waals surface area contributed by atoms with Gasteiger partial charge >= 0.3 is 0 Å². The number of thiazole rings is 1. The van der Waals surface area contributed by atoms with Gasteiger partial charge in [0.15, 0.2) is 5.13 Å². The van der Waals surface area contributed by atoms with Gasteiger partial charge in [0.05, 0.1) is 17.3 Å². The van der Waals surface area contributed by atoms with Crippen molar-refractivity contribution in [2.75, 3.05) is 12.4 Å². The molecule has 2 aromatic carbocycles. The van der Waals surface area contributed by atoms with Gasteiger partial charge in [-0.3, -0.25) is 15.1 Å². The molecular weight excluding hydrogens is 382 g/mol. The zero-order valence-electron chi connectivity index (χ0n) is 16.3. The van der Waals surface area contributed by atoms with Gasteiger partial charge in [-0.1, -0.05) is 35.6 Å². The Bertz CT molecular complexity index is 1140. The maximum atomic E-state index is 12.5. The third-order valence-corrected chi connectivity index (χ3v) is 5.62. The van der Waals surface area contributed by atoms with Crippen molar-refractivity contribution in [3.05, 3.63) is 83.2 Å². The number of hydrogen-bond donors (Lipinski definition) is 1. The first kappa shape index (κ1) is 19.1. The summed E-state index contributed by atoms with van der Waals surface area (Å²) in [6, 6.07) is 17.8. The fourth-order valence-electron chi connectivity index (χ4n) is 3.03. The van der Waals surface area contributed by atoms with Gasteiger partial charge in [0.25, 0.3) is 5.91 Å². The van der Waals surface area contributed by atoms with Gasteiger partial charge in [-0.25, -0.2) is 4.98 Å². The molecule has 2 heterocycles. The van der Waals surface area contributed by atoms with E-state index in [1.54, 1.807) is 19.4 Å². The second-order valence-electron chi connectivity index (χ2n) is 6.84. The molecule has 2 aromatic heterocycles. The fourth-order valence-corrected chi connectivity index (χ4v) is 3.99. The van der Waals surface area contributed by atoms with Crippen LogP contribution >= 0.6 is 11.3 Å². The average molecular weight is 404 g/mol. The second kappa shape index (κ2) is 8.41. The van der Waals surface area contributed by atoms with E-state index in [1.807, 2.05) is 37.3 Å². The summed E-state index contributed by atoms with van der Waals surface area (Å²) in [5.41, 5.74) is 4.77. The Morgan fingerprint density at radius 2 is 1.79 bits per heavy atom. The van der Waals surface area contributed by atoms with Crippen molar-refractivity contribution >= 4 is 32.6 Å². The van der Waals surface area contributed by atoms with Crippen LogP contribution in [-0.4, -0.2) is 23.0 Å². The van der Waals surface area contributed by atoms with Crippen molar-refractivity contribution in [1.29, 1.82) is 0 Å². The number of carbonyl (C=O) groups excluding carboxylic acids is 1. The molecule has 5 nitrogen and oxygen atoms in total. The Morgan fingerprint density at radius 1 is 1.03 bits per heavy atom. The van der Waals surface area contributed by atoms with Crippen LogP contribution in [0.4, 0.5) is 5.13 Å². The highest BCUT2D eigenvalue weighted by molar-refractivity contribution is 7.22. The number of benzene rings is 2. The van der Waals surface area contributed by atoms with Gasteiger partial charge in [-0.15, -0.1) is 0 Å². The molecule has 0 aliphatic rings. The molecule has 4 rings (SSSR count). The molecule has 4 aromatic rings. The molecule has 0 bridgehead atoms. The molecule has 1 amide bonds. The van der Waals surface area contributed by atoms with Crippen molar-refractivity contribution in [3.63, 3.8) is 0 Å². The largest absolute Gasteiger partial charge is 0.497 e. The van der Waals surface area contributed by atoms with E-state index < -0.39 is 0 Å². The van der Waals surface area contributed by atoms with E-state index in [4.69, 9.17) is 4.74 Å². The van der Waals surface area contributed by atoms with Gasteiger partial charge in [-0.05, 0) is 66.8 Å². The fraction of sp³-hybridized carbons (Fsp3) is 0.174. The summed E-state index contributed by atoms with van der Waals surface area (Å²) in [5, 5.41) is 3.43. The van der Waals surface area contributed by atoms with Crippen LogP contribution in [0.3, 0.4) is 0 Å². The number of nitrogens with one attached hydrogen (secondary N) is 1. The minimum atomic E-state index is -0.248. The van der Waals surface area contributed by atoms with E-state index >= 15 is 0 Å². The smallest absolute Gasteiger partial charge is 0.276 e. The molecule has 6 heteroatoms. The van der Waals surface area contributed by atoms with Crippen LogP contribution in [0.15, 0.2) is 60.8 Å². The third kappa shape index (κ3) is 4.60. The maximum Gasteiger partial charge on any atom is 0.276 e. The first-order valence-electron chi connectivity index (χ1n) is 9.37. The predicted molar refractivity (Wildman–Crippen MR) is 117 cm³/mol. The highest BCUT2D eigenvalue weighted by atomic mass is 32.1. The Hall–Kier alpha value is -3.25. The van der Waals surface area contributed by atoms with Crippen molar-refractivity contribution in [2.45, 2.75) is 19.8 Å². The Kier molecular flexibility index (Phi) is 5.53. The zero-order valence-corrected chi connectivity index (χ0v) is 17.1. The number of aryl methyl sites for hydroxylation is 3. The monoisotopic (exact) mass is 403 g/mol. The first-order chi connectivity index (χ1) is 14.1. The number of carbonyl (C=O) groups is 1. The highest BCUT2D eigenvalue weighted by Crippen LogP contribution is 2.27. The van der Waals surface area contributed by atoms with Crippen LogP contribution in [-0.2, 0) is 12.8 Å². The summed E-state index contributed by atoms with van der Waals surface area (Å²) in [6.07, 6.45) is 3.53. The number of rotatable bonds is 6. The Balaban J connectivity index is 1.37. The number of fused-ring (bicyclic) bond motifs is 1. The Labute approximate surface area is 173 Å². The molecule has 0 fully saturated rings. The molecule has 0 aliphatic heterocycles. The molecule has 0 aliphatic carbocycles. The molecule has 0 unspecified atom stereocenters. The lowest BCUT2D eigenvalue weighted by Crippen LogP contribution is -2.13. The van der Waals surface area contributed by atoms with Gasteiger partial charge in [0, 0.05) is 6.20 Å². The van der Waals surface area contributed by atoms with Gasteiger partial charge < -0.3 is 4.74 Å². The van der Waals surface area contributed by atoms with E-state index in [2.05, 4.69) is 33.5 Å². The zero-order chi connectivity index (χ0) is 20.2. The van der Waals surface area contributed by atoms with E-state index in [0.717, 1.165) is 34.4 Å². The molecule has 1 N–H and O–H groups in total. The topological polar surface area (TPSA) is 64.1 Å². The van der Waals surface area contributed by atoms with Crippen LogP contribution in [0.5, 0.6) is 5.75 Å². The lowest BCUT2D eigenvalue weighted by Gasteiger charge is -2.05. The van der Waals surface area contributed by atoms with Gasteiger partial charge in [0.1, 0.15) is 11.4 Å². The minimum Gasteiger partial charge on any atom is -0.497 e. The molecule has 0 spiro atoms. The first-order valence-corrected chi connectivity index (χ1v) is 10.2. The lowest BCUT2D eigenvalue weighted by atomic mass is 10.1. The van der Waals surface area contributed by atoms with E-state index in [9.17, 15) is 4.79 Å². The molecule has 0 radical (unpaired) electrons. The van der Waals surface area contributed by atoms with Crippen molar-refractivity contribution in [1.82, 2.24) is 9.97 Å². The van der Waals surface area contributed by atoms with Crippen molar-refractivity contribution in [2.24, 2.45) is 0 Å². The second-order valence-corrected chi connectivity index (χ2v) is 7.87. The van der Waals surface area contributed by atoms with Crippen LogP contribution in [0.2, 0.25) is 0 Å².